The van der Waals surface area contributed by atoms with Gasteiger partial charge >= 0.3 is 0 Å². The minimum atomic E-state index is -0.140. The standard InChI is InChI=1S/C20H20N4O/c1-3-24(17-12-8-5-9-13-17)19(25)18-14-15-21-20(22-18)23(2)16-10-6-4-7-11-16/h4-15H,3H2,1-2H3. The molecule has 126 valence electrons. The van der Waals surface area contributed by atoms with E-state index < -0.39 is 0 Å². The average molecular weight is 332 g/mol. The highest BCUT2D eigenvalue weighted by Crippen LogP contribution is 2.20. The molecule has 0 bridgehead atoms. The van der Waals surface area contributed by atoms with Crippen molar-refractivity contribution in [3.8, 4) is 0 Å². The first kappa shape index (κ1) is 16.6. The lowest BCUT2D eigenvalue weighted by atomic mass is 10.2. The smallest absolute Gasteiger partial charge is 0.277 e. The zero-order valence-electron chi connectivity index (χ0n) is 14.3. The Hall–Kier alpha value is -3.21. The van der Waals surface area contributed by atoms with Crippen molar-refractivity contribution in [3.63, 3.8) is 0 Å². The topological polar surface area (TPSA) is 49.3 Å². The number of anilines is 3. The number of para-hydroxylation sites is 2. The highest BCUT2D eigenvalue weighted by atomic mass is 16.2. The first-order valence-electron chi connectivity index (χ1n) is 8.19. The summed E-state index contributed by atoms with van der Waals surface area (Å²) < 4.78 is 0. The average Bonchev–Trinajstić information content (AvgIpc) is 2.69. The van der Waals surface area contributed by atoms with Gasteiger partial charge in [-0.05, 0) is 37.3 Å². The quantitative estimate of drug-likeness (QED) is 0.711. The van der Waals surface area contributed by atoms with Crippen LogP contribution in [0, 0.1) is 0 Å². The summed E-state index contributed by atoms with van der Waals surface area (Å²) in [5.41, 5.74) is 2.19. The van der Waals surface area contributed by atoms with Crippen LogP contribution in [0.15, 0.2) is 72.9 Å². The van der Waals surface area contributed by atoms with Crippen molar-refractivity contribution in [1.29, 1.82) is 0 Å². The van der Waals surface area contributed by atoms with Gasteiger partial charge in [-0.15, -0.1) is 0 Å². The minimum absolute atomic E-state index is 0.140. The van der Waals surface area contributed by atoms with Crippen LogP contribution >= 0.6 is 0 Å². The van der Waals surface area contributed by atoms with E-state index in [0.717, 1.165) is 11.4 Å². The Morgan fingerprint density at radius 1 is 0.920 bits per heavy atom. The molecule has 25 heavy (non-hydrogen) atoms. The molecule has 0 fully saturated rings. The van der Waals surface area contributed by atoms with Gasteiger partial charge in [0.15, 0.2) is 0 Å². The second kappa shape index (κ2) is 7.57. The van der Waals surface area contributed by atoms with E-state index in [9.17, 15) is 4.79 Å². The molecule has 2 aromatic carbocycles. The van der Waals surface area contributed by atoms with E-state index in [-0.39, 0.29) is 5.91 Å². The summed E-state index contributed by atoms with van der Waals surface area (Å²) in [6, 6.07) is 21.1. The lowest BCUT2D eigenvalue weighted by Crippen LogP contribution is -2.31. The summed E-state index contributed by atoms with van der Waals surface area (Å²) in [6.45, 7) is 2.51. The molecule has 0 unspecified atom stereocenters. The number of hydrogen-bond donors (Lipinski definition) is 0. The third-order valence-electron chi connectivity index (χ3n) is 3.93. The van der Waals surface area contributed by atoms with E-state index in [1.165, 1.54) is 0 Å². The molecule has 0 aliphatic rings. The summed E-state index contributed by atoms with van der Waals surface area (Å²) in [5, 5.41) is 0. The monoisotopic (exact) mass is 332 g/mol. The third kappa shape index (κ3) is 3.66. The van der Waals surface area contributed by atoms with E-state index in [1.54, 1.807) is 17.2 Å². The predicted octanol–water partition coefficient (Wildman–Crippen LogP) is 3.91. The van der Waals surface area contributed by atoms with Crippen LogP contribution in [0.4, 0.5) is 17.3 Å². The van der Waals surface area contributed by atoms with Crippen LogP contribution in [0.3, 0.4) is 0 Å². The molecule has 0 saturated heterocycles. The molecule has 1 aromatic heterocycles. The Labute approximate surface area is 147 Å². The molecule has 5 nitrogen and oxygen atoms in total. The van der Waals surface area contributed by atoms with Crippen molar-refractivity contribution < 1.29 is 4.79 Å². The Kier molecular flexibility index (Phi) is 5.04. The van der Waals surface area contributed by atoms with Gasteiger partial charge in [-0.1, -0.05) is 36.4 Å². The molecule has 0 radical (unpaired) electrons. The molecule has 0 aliphatic carbocycles. The van der Waals surface area contributed by atoms with Gasteiger partial charge in [-0.3, -0.25) is 4.79 Å². The number of hydrogen-bond acceptors (Lipinski definition) is 4. The molecule has 1 heterocycles. The second-order valence-electron chi connectivity index (χ2n) is 5.52. The highest BCUT2D eigenvalue weighted by Gasteiger charge is 2.19. The number of nitrogens with zero attached hydrogens (tertiary/aromatic N) is 4. The SMILES string of the molecule is CCN(C(=O)c1ccnc(N(C)c2ccccc2)n1)c1ccccc1. The van der Waals surface area contributed by atoms with Gasteiger partial charge in [0.25, 0.3) is 5.91 Å². The van der Waals surface area contributed by atoms with Crippen molar-refractivity contribution in [2.75, 3.05) is 23.4 Å². The molecule has 0 atom stereocenters. The molecule has 0 aliphatic heterocycles. The van der Waals surface area contributed by atoms with Crippen LogP contribution in [0.2, 0.25) is 0 Å². The Morgan fingerprint density at radius 2 is 1.52 bits per heavy atom. The van der Waals surface area contributed by atoms with Gasteiger partial charge in [-0.2, -0.15) is 0 Å². The largest absolute Gasteiger partial charge is 0.314 e. The second-order valence-corrected chi connectivity index (χ2v) is 5.52. The van der Waals surface area contributed by atoms with E-state index in [1.807, 2.05) is 79.5 Å². The molecule has 0 N–H and O–H groups in total. The zero-order chi connectivity index (χ0) is 17.6. The van der Waals surface area contributed by atoms with Crippen molar-refractivity contribution in [3.05, 3.63) is 78.6 Å². The van der Waals surface area contributed by atoms with Gasteiger partial charge in [0.1, 0.15) is 5.69 Å². The molecule has 0 spiro atoms. The fourth-order valence-corrected chi connectivity index (χ4v) is 2.59. The van der Waals surface area contributed by atoms with Crippen molar-refractivity contribution in [2.45, 2.75) is 6.92 Å². The lowest BCUT2D eigenvalue weighted by Gasteiger charge is -2.22. The Bertz CT molecular complexity index is 837. The zero-order valence-corrected chi connectivity index (χ0v) is 14.3. The molecular formula is C20H20N4O. The van der Waals surface area contributed by atoms with Crippen LogP contribution < -0.4 is 9.80 Å². The Morgan fingerprint density at radius 3 is 2.12 bits per heavy atom. The predicted molar refractivity (Wildman–Crippen MR) is 100 cm³/mol. The number of amides is 1. The highest BCUT2D eigenvalue weighted by molar-refractivity contribution is 6.04. The van der Waals surface area contributed by atoms with E-state index in [0.29, 0.717) is 18.2 Å². The van der Waals surface area contributed by atoms with E-state index in [2.05, 4.69) is 9.97 Å². The van der Waals surface area contributed by atoms with Crippen LogP contribution in [0.25, 0.3) is 0 Å². The summed E-state index contributed by atoms with van der Waals surface area (Å²) in [5.74, 6) is 0.347. The number of rotatable bonds is 5. The molecular weight excluding hydrogens is 312 g/mol. The summed E-state index contributed by atoms with van der Waals surface area (Å²) in [4.78, 5) is 25.2. The van der Waals surface area contributed by atoms with Crippen molar-refractivity contribution >= 4 is 23.2 Å². The van der Waals surface area contributed by atoms with E-state index >= 15 is 0 Å². The molecule has 5 heteroatoms. The fourth-order valence-electron chi connectivity index (χ4n) is 2.59. The summed E-state index contributed by atoms with van der Waals surface area (Å²) >= 11 is 0. The van der Waals surface area contributed by atoms with Crippen molar-refractivity contribution in [1.82, 2.24) is 9.97 Å². The van der Waals surface area contributed by atoms with Crippen LogP contribution in [0.1, 0.15) is 17.4 Å². The third-order valence-corrected chi connectivity index (χ3v) is 3.93. The number of aromatic nitrogens is 2. The number of benzene rings is 2. The maximum atomic E-state index is 12.9. The van der Waals surface area contributed by atoms with Crippen LogP contribution in [-0.4, -0.2) is 29.5 Å². The van der Waals surface area contributed by atoms with Gasteiger partial charge in [-0.25, -0.2) is 9.97 Å². The molecule has 3 aromatic rings. The maximum absolute atomic E-state index is 12.9. The van der Waals surface area contributed by atoms with Gasteiger partial charge in [0.2, 0.25) is 5.95 Å². The Balaban J connectivity index is 1.89. The maximum Gasteiger partial charge on any atom is 0.277 e. The minimum Gasteiger partial charge on any atom is -0.314 e. The van der Waals surface area contributed by atoms with Gasteiger partial charge < -0.3 is 9.80 Å². The molecule has 0 saturated carbocycles. The summed E-state index contributed by atoms with van der Waals surface area (Å²) in [6.07, 6.45) is 1.62. The lowest BCUT2D eigenvalue weighted by molar-refractivity contribution is 0.0983. The van der Waals surface area contributed by atoms with Gasteiger partial charge in [0, 0.05) is 31.2 Å². The van der Waals surface area contributed by atoms with Crippen LogP contribution in [-0.2, 0) is 0 Å². The normalized spacial score (nSPS) is 10.3. The van der Waals surface area contributed by atoms with Crippen molar-refractivity contribution in [2.24, 2.45) is 0 Å². The summed E-state index contributed by atoms with van der Waals surface area (Å²) in [7, 11) is 1.88. The molecule has 1 amide bonds. The first-order chi connectivity index (χ1) is 12.2. The number of carbonyl (C=O) groups is 1. The van der Waals surface area contributed by atoms with Gasteiger partial charge in [0.05, 0.1) is 0 Å². The fraction of sp³-hybridized carbons (Fsp3) is 0.150. The first-order valence-corrected chi connectivity index (χ1v) is 8.19. The van der Waals surface area contributed by atoms with Crippen LogP contribution in [0.5, 0.6) is 0 Å². The number of carbonyl (C=O) groups excluding carboxylic acids is 1. The molecule has 3 rings (SSSR count). The van der Waals surface area contributed by atoms with E-state index in [4.69, 9.17) is 0 Å².